The maximum absolute atomic E-state index is 6.15. The van der Waals surface area contributed by atoms with Crippen LogP contribution in [0.4, 0.5) is 0 Å². The summed E-state index contributed by atoms with van der Waals surface area (Å²) in [5.41, 5.74) is 3.07. The molecular weight excluding hydrogens is 334 g/mol. The maximum atomic E-state index is 6.15. The molecule has 0 aliphatic heterocycles. The Kier molecular flexibility index (Phi) is 4.32. The molecule has 0 aliphatic carbocycles. The molecule has 0 saturated carbocycles. The first-order chi connectivity index (χ1) is 13.0. The van der Waals surface area contributed by atoms with Gasteiger partial charge < -0.3 is 4.74 Å². The molecule has 0 aliphatic rings. The Hall–Kier alpha value is -3.27. The van der Waals surface area contributed by atoms with E-state index < -0.39 is 0 Å². The SMILES string of the molecule is CC(C)(C)c1ccc(Oc2nc(-c3cccnc3)nc3ccccc23)cc1. The van der Waals surface area contributed by atoms with Crippen LogP contribution in [0.3, 0.4) is 0 Å². The molecule has 0 bridgehead atoms. The number of hydrogen-bond donors (Lipinski definition) is 0. The predicted molar refractivity (Wildman–Crippen MR) is 108 cm³/mol. The smallest absolute Gasteiger partial charge is 0.230 e. The van der Waals surface area contributed by atoms with Gasteiger partial charge >= 0.3 is 0 Å². The first-order valence-corrected chi connectivity index (χ1v) is 8.96. The molecule has 4 rings (SSSR count). The minimum absolute atomic E-state index is 0.105. The van der Waals surface area contributed by atoms with Crippen LogP contribution in [-0.2, 0) is 5.41 Å². The highest BCUT2D eigenvalue weighted by molar-refractivity contribution is 5.85. The van der Waals surface area contributed by atoms with Crippen LogP contribution in [0.5, 0.6) is 11.6 Å². The molecule has 4 aromatic rings. The fourth-order valence-corrected chi connectivity index (χ4v) is 2.88. The van der Waals surface area contributed by atoms with Crippen molar-refractivity contribution in [2.45, 2.75) is 26.2 Å². The minimum Gasteiger partial charge on any atom is -0.438 e. The molecular formula is C23H21N3O. The van der Waals surface area contributed by atoms with Crippen LogP contribution in [0.1, 0.15) is 26.3 Å². The van der Waals surface area contributed by atoms with Crippen molar-refractivity contribution >= 4 is 10.9 Å². The lowest BCUT2D eigenvalue weighted by Gasteiger charge is -2.19. The lowest BCUT2D eigenvalue weighted by Crippen LogP contribution is -2.10. The van der Waals surface area contributed by atoms with E-state index in [4.69, 9.17) is 4.74 Å². The van der Waals surface area contributed by atoms with Crippen LogP contribution in [0, 0.1) is 0 Å². The van der Waals surface area contributed by atoms with Crippen molar-refractivity contribution in [3.05, 3.63) is 78.6 Å². The van der Waals surface area contributed by atoms with E-state index in [0.29, 0.717) is 11.7 Å². The van der Waals surface area contributed by atoms with Gasteiger partial charge in [0, 0.05) is 18.0 Å². The zero-order chi connectivity index (χ0) is 18.9. The van der Waals surface area contributed by atoms with Crippen LogP contribution < -0.4 is 4.74 Å². The monoisotopic (exact) mass is 355 g/mol. The summed E-state index contributed by atoms with van der Waals surface area (Å²) in [6, 6.07) is 19.9. The minimum atomic E-state index is 0.105. The first kappa shape index (κ1) is 17.2. The summed E-state index contributed by atoms with van der Waals surface area (Å²) in [7, 11) is 0. The van der Waals surface area contributed by atoms with Gasteiger partial charge in [-0.15, -0.1) is 0 Å². The molecule has 4 nitrogen and oxygen atoms in total. The van der Waals surface area contributed by atoms with Crippen LogP contribution in [0.25, 0.3) is 22.3 Å². The lowest BCUT2D eigenvalue weighted by molar-refractivity contribution is 0.468. The summed E-state index contributed by atoms with van der Waals surface area (Å²) in [6.07, 6.45) is 3.49. The Morgan fingerprint density at radius 1 is 0.815 bits per heavy atom. The van der Waals surface area contributed by atoms with E-state index in [1.807, 2.05) is 48.5 Å². The zero-order valence-electron chi connectivity index (χ0n) is 15.7. The fraction of sp³-hybridized carbons (Fsp3) is 0.174. The first-order valence-electron chi connectivity index (χ1n) is 8.96. The van der Waals surface area contributed by atoms with Crippen molar-refractivity contribution < 1.29 is 4.74 Å². The highest BCUT2D eigenvalue weighted by atomic mass is 16.5. The molecule has 0 saturated heterocycles. The molecule has 4 heteroatoms. The highest BCUT2D eigenvalue weighted by Crippen LogP contribution is 2.31. The van der Waals surface area contributed by atoms with Crippen LogP contribution in [-0.4, -0.2) is 15.0 Å². The Labute approximate surface area is 158 Å². The molecule has 0 spiro atoms. The van der Waals surface area contributed by atoms with E-state index in [1.165, 1.54) is 5.56 Å². The summed E-state index contributed by atoms with van der Waals surface area (Å²) < 4.78 is 6.15. The summed E-state index contributed by atoms with van der Waals surface area (Å²) >= 11 is 0. The molecule has 2 heterocycles. The van der Waals surface area contributed by atoms with E-state index in [2.05, 4.69) is 47.9 Å². The molecule has 0 N–H and O–H groups in total. The van der Waals surface area contributed by atoms with Gasteiger partial charge in [0.15, 0.2) is 5.82 Å². The van der Waals surface area contributed by atoms with Crippen LogP contribution in [0.15, 0.2) is 73.1 Å². The zero-order valence-corrected chi connectivity index (χ0v) is 15.7. The number of rotatable bonds is 3. The third-order valence-corrected chi connectivity index (χ3v) is 4.42. The number of pyridine rings is 1. The Bertz CT molecular complexity index is 1070. The molecule has 0 amide bonds. The molecule has 0 fully saturated rings. The van der Waals surface area contributed by atoms with Crippen molar-refractivity contribution in [1.82, 2.24) is 15.0 Å². The van der Waals surface area contributed by atoms with Crippen molar-refractivity contribution in [3.63, 3.8) is 0 Å². The van der Waals surface area contributed by atoms with Crippen LogP contribution in [0.2, 0.25) is 0 Å². The van der Waals surface area contributed by atoms with Gasteiger partial charge in [0.05, 0.1) is 10.9 Å². The average Bonchev–Trinajstić information content (AvgIpc) is 2.68. The molecule has 0 radical (unpaired) electrons. The standard InChI is InChI=1S/C23H21N3O/c1-23(2,3)17-10-12-18(13-11-17)27-22-19-8-4-5-9-20(19)25-21(26-22)16-7-6-14-24-15-16/h4-15H,1-3H3. The number of hydrogen-bond acceptors (Lipinski definition) is 4. The van der Waals surface area contributed by atoms with Crippen molar-refractivity contribution in [2.24, 2.45) is 0 Å². The molecule has 2 aromatic carbocycles. The summed E-state index contributed by atoms with van der Waals surface area (Å²) in [4.78, 5) is 13.5. The second-order valence-electron chi connectivity index (χ2n) is 7.49. The van der Waals surface area contributed by atoms with Gasteiger partial charge in [-0.1, -0.05) is 45.0 Å². The molecule has 27 heavy (non-hydrogen) atoms. The van der Waals surface area contributed by atoms with E-state index in [0.717, 1.165) is 22.2 Å². The van der Waals surface area contributed by atoms with Gasteiger partial charge in [0.2, 0.25) is 5.88 Å². The number of ether oxygens (including phenoxy) is 1. The average molecular weight is 355 g/mol. The molecule has 0 unspecified atom stereocenters. The lowest BCUT2D eigenvalue weighted by atomic mass is 9.87. The normalized spacial score (nSPS) is 11.5. The number of nitrogens with zero attached hydrogens (tertiary/aromatic N) is 3. The molecule has 0 atom stereocenters. The molecule has 134 valence electrons. The quantitative estimate of drug-likeness (QED) is 0.467. The second kappa shape index (κ2) is 6.80. The number of para-hydroxylation sites is 1. The van der Waals surface area contributed by atoms with Gasteiger partial charge in [-0.3, -0.25) is 4.98 Å². The Morgan fingerprint density at radius 3 is 2.30 bits per heavy atom. The number of fused-ring (bicyclic) bond motifs is 1. The fourth-order valence-electron chi connectivity index (χ4n) is 2.88. The Morgan fingerprint density at radius 2 is 1.59 bits per heavy atom. The summed E-state index contributed by atoms with van der Waals surface area (Å²) in [5.74, 6) is 1.90. The number of benzene rings is 2. The Balaban J connectivity index is 1.76. The summed E-state index contributed by atoms with van der Waals surface area (Å²) in [5, 5.41) is 0.880. The van der Waals surface area contributed by atoms with Gasteiger partial charge in [0.25, 0.3) is 0 Å². The van der Waals surface area contributed by atoms with E-state index in [-0.39, 0.29) is 5.41 Å². The highest BCUT2D eigenvalue weighted by Gasteiger charge is 2.14. The number of aromatic nitrogens is 3. The van der Waals surface area contributed by atoms with Crippen molar-refractivity contribution in [1.29, 1.82) is 0 Å². The second-order valence-corrected chi connectivity index (χ2v) is 7.49. The van der Waals surface area contributed by atoms with Gasteiger partial charge in [-0.05, 0) is 47.4 Å². The molecule has 2 aromatic heterocycles. The topological polar surface area (TPSA) is 47.9 Å². The van der Waals surface area contributed by atoms with E-state index in [9.17, 15) is 0 Å². The van der Waals surface area contributed by atoms with E-state index in [1.54, 1.807) is 12.4 Å². The van der Waals surface area contributed by atoms with E-state index >= 15 is 0 Å². The van der Waals surface area contributed by atoms with Gasteiger partial charge in [-0.25, -0.2) is 4.98 Å². The van der Waals surface area contributed by atoms with Gasteiger partial charge in [0.1, 0.15) is 5.75 Å². The van der Waals surface area contributed by atoms with Crippen LogP contribution >= 0.6 is 0 Å². The maximum Gasteiger partial charge on any atom is 0.230 e. The predicted octanol–water partition coefficient (Wildman–Crippen LogP) is 5.78. The third kappa shape index (κ3) is 3.65. The van der Waals surface area contributed by atoms with Gasteiger partial charge in [-0.2, -0.15) is 4.98 Å². The van der Waals surface area contributed by atoms with Crippen molar-refractivity contribution in [3.8, 4) is 23.0 Å². The van der Waals surface area contributed by atoms with Crippen molar-refractivity contribution in [2.75, 3.05) is 0 Å². The summed E-state index contributed by atoms with van der Waals surface area (Å²) in [6.45, 7) is 6.59. The largest absolute Gasteiger partial charge is 0.438 e. The third-order valence-electron chi connectivity index (χ3n) is 4.42.